The highest BCUT2D eigenvalue weighted by atomic mass is 32.2. The van der Waals surface area contributed by atoms with Gasteiger partial charge >= 0.3 is 0 Å². The largest absolute Gasteiger partial charge is 0.497 e. The monoisotopic (exact) mass is 515 g/mol. The minimum atomic E-state index is -0.670. The number of nitrogen functional groups attached to an aromatic ring is 1. The van der Waals surface area contributed by atoms with E-state index in [1.807, 2.05) is 0 Å². The number of hydrogen-bond donors (Lipinski definition) is 4. The highest BCUT2D eigenvalue weighted by Gasteiger charge is 2.17. The molecule has 0 aliphatic heterocycles. The van der Waals surface area contributed by atoms with Gasteiger partial charge in [0.2, 0.25) is 5.91 Å². The highest BCUT2D eigenvalue weighted by Crippen LogP contribution is 2.30. The van der Waals surface area contributed by atoms with Crippen LogP contribution in [0.3, 0.4) is 0 Å². The van der Waals surface area contributed by atoms with Crippen LogP contribution >= 0.6 is 11.8 Å². The smallest absolute Gasteiger partial charge is 0.277 e. The molecule has 190 valence electrons. The Balaban J connectivity index is 1.66. The molecule has 0 fully saturated rings. The molecular formula is C23H25N5O7S. The van der Waals surface area contributed by atoms with Crippen molar-refractivity contribution in [1.29, 1.82) is 0 Å². The molecule has 0 aliphatic carbocycles. The maximum Gasteiger partial charge on any atom is 0.277 e. The lowest BCUT2D eigenvalue weighted by atomic mass is 10.2. The molecule has 0 aliphatic rings. The van der Waals surface area contributed by atoms with Crippen molar-refractivity contribution in [2.75, 3.05) is 50.6 Å². The van der Waals surface area contributed by atoms with Gasteiger partial charge in [0.05, 0.1) is 39.9 Å². The lowest BCUT2D eigenvalue weighted by Crippen LogP contribution is -2.23. The minimum Gasteiger partial charge on any atom is -0.497 e. The van der Waals surface area contributed by atoms with Crippen molar-refractivity contribution in [3.63, 3.8) is 0 Å². The van der Waals surface area contributed by atoms with Gasteiger partial charge in [-0.25, -0.2) is 4.98 Å². The summed E-state index contributed by atoms with van der Waals surface area (Å²) < 4.78 is 20.7. The van der Waals surface area contributed by atoms with E-state index in [2.05, 4.69) is 20.6 Å². The first-order valence-corrected chi connectivity index (χ1v) is 11.4. The van der Waals surface area contributed by atoms with Gasteiger partial charge < -0.3 is 35.3 Å². The number of H-pyrrole nitrogens is 1. The second kappa shape index (κ2) is 11.8. The van der Waals surface area contributed by atoms with Gasteiger partial charge in [-0.05, 0) is 30.3 Å². The third-order valence-corrected chi connectivity index (χ3v) is 5.71. The summed E-state index contributed by atoms with van der Waals surface area (Å²) in [5, 5.41) is 5.28. The van der Waals surface area contributed by atoms with E-state index in [0.717, 1.165) is 11.8 Å². The molecule has 0 radical (unpaired) electrons. The third kappa shape index (κ3) is 6.18. The summed E-state index contributed by atoms with van der Waals surface area (Å²) in [5.41, 5.74) is 5.70. The molecule has 2 aromatic carbocycles. The molecule has 36 heavy (non-hydrogen) atoms. The number of aromatic nitrogens is 2. The number of benzene rings is 2. The molecular weight excluding hydrogens is 490 g/mol. The lowest BCUT2D eigenvalue weighted by Gasteiger charge is -2.12. The normalized spacial score (nSPS) is 10.3. The second-order valence-corrected chi connectivity index (χ2v) is 8.02. The standard InChI is InChI=1S/C23H25N5O7S/c1-32-13-6-7-14(16(10-13)34-3)25-18(29)11-36-23-27-20(24)19(22(31)28-23)26-21(30)12-5-8-15(33-2)17(9-12)35-4/h5-10H,11H2,1-4H3,(H,25,29)(H,26,30)(H3,24,27,28,31). The zero-order chi connectivity index (χ0) is 26.2. The van der Waals surface area contributed by atoms with Gasteiger partial charge in [-0.15, -0.1) is 0 Å². The van der Waals surface area contributed by atoms with E-state index >= 15 is 0 Å². The zero-order valence-corrected chi connectivity index (χ0v) is 20.8. The predicted octanol–water partition coefficient (Wildman–Crippen LogP) is 2.37. The first kappa shape index (κ1) is 26.2. The van der Waals surface area contributed by atoms with E-state index < -0.39 is 11.5 Å². The van der Waals surface area contributed by atoms with Crippen LogP contribution < -0.4 is 40.9 Å². The highest BCUT2D eigenvalue weighted by molar-refractivity contribution is 7.99. The number of carbonyl (C=O) groups excluding carboxylic acids is 2. The van der Waals surface area contributed by atoms with Crippen LogP contribution in [-0.2, 0) is 4.79 Å². The van der Waals surface area contributed by atoms with Crippen LogP contribution in [0.1, 0.15) is 10.4 Å². The molecule has 0 atom stereocenters. The maximum atomic E-state index is 12.6. The van der Waals surface area contributed by atoms with Gasteiger partial charge in [0.25, 0.3) is 11.5 Å². The molecule has 12 nitrogen and oxygen atoms in total. The Bertz CT molecular complexity index is 1330. The van der Waals surface area contributed by atoms with Crippen molar-refractivity contribution < 1.29 is 28.5 Å². The Hall–Kier alpha value is -4.39. The first-order chi connectivity index (χ1) is 17.3. The van der Waals surface area contributed by atoms with Crippen LogP contribution in [0.4, 0.5) is 17.2 Å². The zero-order valence-electron chi connectivity index (χ0n) is 20.0. The van der Waals surface area contributed by atoms with Crippen LogP contribution in [0, 0.1) is 0 Å². The number of nitrogens with one attached hydrogen (secondary N) is 3. The fourth-order valence-electron chi connectivity index (χ4n) is 3.04. The number of nitrogens with two attached hydrogens (primary N) is 1. The Kier molecular flexibility index (Phi) is 8.62. The molecule has 0 saturated heterocycles. The van der Waals surface area contributed by atoms with E-state index in [1.54, 1.807) is 24.3 Å². The number of ether oxygens (including phenoxy) is 4. The predicted molar refractivity (Wildman–Crippen MR) is 136 cm³/mol. The average molecular weight is 516 g/mol. The molecule has 0 saturated carbocycles. The van der Waals surface area contributed by atoms with Gasteiger partial charge in [0.15, 0.2) is 22.5 Å². The molecule has 0 unspecified atom stereocenters. The maximum absolute atomic E-state index is 12.6. The van der Waals surface area contributed by atoms with Crippen LogP contribution in [0.25, 0.3) is 0 Å². The number of nitrogens with zero attached hydrogens (tertiary/aromatic N) is 1. The molecule has 5 N–H and O–H groups in total. The molecule has 2 amide bonds. The van der Waals surface area contributed by atoms with E-state index in [0.29, 0.717) is 28.7 Å². The summed E-state index contributed by atoms with van der Waals surface area (Å²) in [6.45, 7) is 0. The molecule has 3 rings (SSSR count). The Morgan fingerprint density at radius 1 is 0.944 bits per heavy atom. The summed E-state index contributed by atoms with van der Waals surface area (Å²) in [7, 11) is 5.91. The molecule has 1 aromatic heterocycles. The van der Waals surface area contributed by atoms with Crippen molar-refractivity contribution >= 4 is 40.8 Å². The van der Waals surface area contributed by atoms with E-state index in [4.69, 9.17) is 24.7 Å². The first-order valence-electron chi connectivity index (χ1n) is 10.4. The van der Waals surface area contributed by atoms with Crippen LogP contribution in [0.15, 0.2) is 46.3 Å². The summed E-state index contributed by atoms with van der Waals surface area (Å²) >= 11 is 0.963. The lowest BCUT2D eigenvalue weighted by molar-refractivity contribution is -0.113. The Morgan fingerprint density at radius 3 is 2.31 bits per heavy atom. The van der Waals surface area contributed by atoms with Crippen LogP contribution in [-0.4, -0.2) is 56.0 Å². The number of anilines is 3. The van der Waals surface area contributed by atoms with Gasteiger partial charge in [-0.2, -0.15) is 0 Å². The Labute approximate surface area is 210 Å². The fraction of sp³-hybridized carbons (Fsp3) is 0.217. The van der Waals surface area contributed by atoms with Gasteiger partial charge in [0.1, 0.15) is 17.2 Å². The number of aromatic amines is 1. The van der Waals surface area contributed by atoms with Crippen molar-refractivity contribution in [3.8, 4) is 23.0 Å². The number of methoxy groups -OCH3 is 4. The number of thioether (sulfide) groups is 1. The van der Waals surface area contributed by atoms with E-state index in [-0.39, 0.29) is 33.9 Å². The van der Waals surface area contributed by atoms with Crippen LogP contribution in [0.2, 0.25) is 0 Å². The number of rotatable bonds is 10. The second-order valence-electron chi connectivity index (χ2n) is 7.06. The molecule has 0 spiro atoms. The van der Waals surface area contributed by atoms with Crippen molar-refractivity contribution in [2.24, 2.45) is 0 Å². The number of amides is 2. The van der Waals surface area contributed by atoms with Crippen molar-refractivity contribution in [1.82, 2.24) is 9.97 Å². The quantitative estimate of drug-likeness (QED) is 0.232. The third-order valence-electron chi connectivity index (χ3n) is 4.83. The topological polar surface area (TPSA) is 167 Å². The van der Waals surface area contributed by atoms with Gasteiger partial charge in [-0.1, -0.05) is 11.8 Å². The van der Waals surface area contributed by atoms with E-state index in [9.17, 15) is 14.4 Å². The fourth-order valence-corrected chi connectivity index (χ4v) is 3.71. The minimum absolute atomic E-state index is 0.0745. The SMILES string of the molecule is COc1ccc(NC(=O)CSc2nc(N)c(NC(=O)c3ccc(OC)c(OC)c3)c(=O)[nH]2)c(OC)c1. The molecule has 3 aromatic rings. The summed E-state index contributed by atoms with van der Waals surface area (Å²) in [6, 6.07) is 9.50. The summed E-state index contributed by atoms with van der Waals surface area (Å²) in [4.78, 5) is 44.2. The molecule has 0 bridgehead atoms. The number of hydrogen-bond acceptors (Lipinski definition) is 10. The van der Waals surface area contributed by atoms with Gasteiger partial charge in [0, 0.05) is 11.6 Å². The summed E-state index contributed by atoms with van der Waals surface area (Å²) in [5.74, 6) is 0.569. The van der Waals surface area contributed by atoms with E-state index in [1.165, 1.54) is 40.6 Å². The molecule has 13 heteroatoms. The van der Waals surface area contributed by atoms with Crippen molar-refractivity contribution in [2.45, 2.75) is 5.16 Å². The van der Waals surface area contributed by atoms with Crippen molar-refractivity contribution in [3.05, 3.63) is 52.3 Å². The average Bonchev–Trinajstić information content (AvgIpc) is 2.89. The van der Waals surface area contributed by atoms with Gasteiger partial charge in [-0.3, -0.25) is 19.4 Å². The number of carbonyl (C=O) groups is 2. The molecule has 1 heterocycles. The van der Waals surface area contributed by atoms with Crippen LogP contribution in [0.5, 0.6) is 23.0 Å². The summed E-state index contributed by atoms with van der Waals surface area (Å²) in [6.07, 6.45) is 0. The Morgan fingerprint density at radius 2 is 1.67 bits per heavy atom.